The maximum absolute atomic E-state index is 11.6. The Morgan fingerprint density at radius 2 is 2.00 bits per heavy atom. The van der Waals surface area contributed by atoms with Gasteiger partial charge in [0.05, 0.1) is 5.69 Å². The minimum atomic E-state index is -0.115. The van der Waals surface area contributed by atoms with Gasteiger partial charge >= 0.3 is 5.97 Å². The Morgan fingerprint density at radius 3 is 2.76 bits per heavy atom. The van der Waals surface area contributed by atoms with Crippen LogP contribution in [0.1, 0.15) is 70.9 Å². The summed E-state index contributed by atoms with van der Waals surface area (Å²) < 4.78 is 5.79. The minimum absolute atomic E-state index is 0.115. The summed E-state index contributed by atoms with van der Waals surface area (Å²) in [6.45, 7) is 6.43. The Labute approximate surface area is 174 Å². The molecule has 1 heterocycles. The molecule has 1 aromatic rings. The van der Waals surface area contributed by atoms with Crippen LogP contribution < -0.4 is 0 Å². The second-order valence-electron chi connectivity index (χ2n) is 10.2. The van der Waals surface area contributed by atoms with E-state index in [2.05, 4.69) is 49.2 Å². The first-order valence-electron chi connectivity index (χ1n) is 11.4. The van der Waals surface area contributed by atoms with Crippen LogP contribution in [0.3, 0.4) is 0 Å². The first-order valence-corrected chi connectivity index (χ1v) is 11.4. The van der Waals surface area contributed by atoms with Crippen LogP contribution in [0.2, 0.25) is 0 Å². The zero-order valence-corrected chi connectivity index (χ0v) is 17.9. The summed E-state index contributed by atoms with van der Waals surface area (Å²) in [5.74, 6) is 2.33. The molecule has 0 aliphatic heterocycles. The van der Waals surface area contributed by atoms with Crippen LogP contribution in [0, 0.1) is 28.6 Å². The standard InChI is InChI=1S/C26H33NO2/c1-17(28)29-24-10-9-21-20-8-7-19-16-18(23-6-4-5-15-27-23)11-13-25(19,2)22(20)12-14-26(21,24)3/h4-6,11,13,15-16,18,20-22,24H,7-10,12,14H2,1-3H3. The quantitative estimate of drug-likeness (QED) is 0.470. The molecule has 154 valence electrons. The molecule has 3 nitrogen and oxygen atoms in total. The van der Waals surface area contributed by atoms with Crippen LogP contribution in [0.4, 0.5) is 0 Å². The van der Waals surface area contributed by atoms with Crippen LogP contribution in [-0.2, 0) is 9.53 Å². The molecular weight excluding hydrogens is 358 g/mol. The van der Waals surface area contributed by atoms with E-state index in [1.165, 1.54) is 32.1 Å². The highest BCUT2D eigenvalue weighted by atomic mass is 16.5. The highest BCUT2D eigenvalue weighted by Crippen LogP contribution is 2.65. The summed E-state index contributed by atoms with van der Waals surface area (Å²) in [6, 6.07) is 6.21. The Hall–Kier alpha value is -1.90. The van der Waals surface area contributed by atoms with Gasteiger partial charge in [0.15, 0.2) is 0 Å². The lowest BCUT2D eigenvalue weighted by atomic mass is 9.48. The van der Waals surface area contributed by atoms with Crippen molar-refractivity contribution < 1.29 is 9.53 Å². The summed E-state index contributed by atoms with van der Waals surface area (Å²) in [5.41, 5.74) is 3.11. The third kappa shape index (κ3) is 2.92. The van der Waals surface area contributed by atoms with Gasteiger partial charge in [-0.3, -0.25) is 9.78 Å². The molecule has 3 fully saturated rings. The van der Waals surface area contributed by atoms with E-state index < -0.39 is 0 Å². The average Bonchev–Trinajstić information content (AvgIpc) is 3.04. The van der Waals surface area contributed by atoms with Gasteiger partial charge in [-0.1, -0.05) is 43.7 Å². The number of carbonyl (C=O) groups excluding carboxylic acids is 1. The minimum Gasteiger partial charge on any atom is -0.462 e. The predicted octanol–water partition coefficient (Wildman–Crippen LogP) is 5.84. The number of allylic oxidation sites excluding steroid dienone is 4. The molecule has 0 bridgehead atoms. The van der Waals surface area contributed by atoms with Crippen LogP contribution in [0.15, 0.2) is 48.2 Å². The lowest BCUT2D eigenvalue weighted by Gasteiger charge is -2.57. The van der Waals surface area contributed by atoms with E-state index in [0.717, 1.165) is 18.0 Å². The maximum atomic E-state index is 11.6. The lowest BCUT2D eigenvalue weighted by Crippen LogP contribution is -2.50. The maximum Gasteiger partial charge on any atom is 0.302 e. The van der Waals surface area contributed by atoms with E-state index in [-0.39, 0.29) is 22.9 Å². The number of rotatable bonds is 2. The first kappa shape index (κ1) is 19.1. The molecule has 3 heteroatoms. The first-order chi connectivity index (χ1) is 13.9. The fourth-order valence-electron chi connectivity index (χ4n) is 7.44. The van der Waals surface area contributed by atoms with Crippen molar-refractivity contribution in [2.24, 2.45) is 28.6 Å². The Morgan fingerprint density at radius 1 is 1.14 bits per heavy atom. The number of nitrogens with zero attached hydrogens (tertiary/aromatic N) is 1. The van der Waals surface area contributed by atoms with Gasteiger partial charge in [-0.25, -0.2) is 0 Å². The molecule has 1 aromatic heterocycles. The van der Waals surface area contributed by atoms with E-state index in [1.807, 2.05) is 12.3 Å². The number of hydrogen-bond donors (Lipinski definition) is 0. The Balaban J connectivity index is 1.41. The van der Waals surface area contributed by atoms with E-state index in [0.29, 0.717) is 17.8 Å². The van der Waals surface area contributed by atoms with Gasteiger partial charge in [-0.15, -0.1) is 0 Å². The molecule has 0 radical (unpaired) electrons. The van der Waals surface area contributed by atoms with Crippen molar-refractivity contribution in [3.8, 4) is 0 Å². The molecule has 0 amide bonds. The number of pyridine rings is 1. The molecule has 5 rings (SSSR count). The summed E-state index contributed by atoms with van der Waals surface area (Å²) in [7, 11) is 0. The molecular formula is C26H33NO2. The van der Waals surface area contributed by atoms with Gasteiger partial charge in [-0.2, -0.15) is 0 Å². The molecule has 7 atom stereocenters. The van der Waals surface area contributed by atoms with E-state index in [1.54, 1.807) is 12.5 Å². The smallest absolute Gasteiger partial charge is 0.302 e. The van der Waals surface area contributed by atoms with E-state index >= 15 is 0 Å². The lowest BCUT2D eigenvalue weighted by molar-refractivity contribution is -0.156. The number of esters is 1. The second-order valence-corrected chi connectivity index (χ2v) is 10.2. The highest BCUT2D eigenvalue weighted by molar-refractivity contribution is 5.66. The summed E-state index contributed by atoms with van der Waals surface area (Å²) >= 11 is 0. The van der Waals surface area contributed by atoms with Crippen LogP contribution in [0.5, 0.6) is 0 Å². The topological polar surface area (TPSA) is 39.2 Å². The van der Waals surface area contributed by atoms with E-state index in [9.17, 15) is 4.79 Å². The number of ether oxygens (including phenoxy) is 1. The summed E-state index contributed by atoms with van der Waals surface area (Å²) in [4.78, 5) is 16.2. The van der Waals surface area contributed by atoms with Crippen LogP contribution >= 0.6 is 0 Å². The van der Waals surface area contributed by atoms with Gasteiger partial charge < -0.3 is 4.74 Å². The molecule has 29 heavy (non-hydrogen) atoms. The van der Waals surface area contributed by atoms with Crippen molar-refractivity contribution in [3.05, 3.63) is 53.9 Å². The summed E-state index contributed by atoms with van der Waals surface area (Å²) in [6.07, 6.45) is 16.6. The number of carbonyl (C=O) groups is 1. The zero-order chi connectivity index (χ0) is 20.2. The van der Waals surface area contributed by atoms with Crippen molar-refractivity contribution >= 4 is 5.97 Å². The summed E-state index contributed by atoms with van der Waals surface area (Å²) in [5, 5.41) is 0. The van der Waals surface area contributed by atoms with Crippen LogP contribution in [0.25, 0.3) is 0 Å². The van der Waals surface area contributed by atoms with Crippen molar-refractivity contribution in [2.75, 3.05) is 0 Å². The molecule has 7 unspecified atom stereocenters. The largest absolute Gasteiger partial charge is 0.462 e. The molecule has 4 aliphatic rings. The molecule has 3 saturated carbocycles. The number of hydrogen-bond acceptors (Lipinski definition) is 3. The average molecular weight is 392 g/mol. The van der Waals surface area contributed by atoms with Crippen molar-refractivity contribution in [1.82, 2.24) is 4.98 Å². The normalized spacial score (nSPS) is 43.0. The number of fused-ring (bicyclic) bond motifs is 5. The van der Waals surface area contributed by atoms with Gasteiger partial charge in [0.25, 0.3) is 0 Å². The molecule has 0 aromatic carbocycles. The van der Waals surface area contributed by atoms with Crippen LogP contribution in [-0.4, -0.2) is 17.1 Å². The predicted molar refractivity (Wildman–Crippen MR) is 114 cm³/mol. The van der Waals surface area contributed by atoms with Crippen molar-refractivity contribution in [1.29, 1.82) is 0 Å². The third-order valence-electron chi connectivity index (χ3n) is 8.93. The molecule has 0 N–H and O–H groups in total. The Bertz CT molecular complexity index is 859. The highest BCUT2D eigenvalue weighted by Gasteiger charge is 2.59. The van der Waals surface area contributed by atoms with Gasteiger partial charge in [0.2, 0.25) is 0 Å². The van der Waals surface area contributed by atoms with Gasteiger partial charge in [0, 0.05) is 29.9 Å². The third-order valence-corrected chi connectivity index (χ3v) is 8.93. The SMILES string of the molecule is CC(=O)OC1CCC2C3CCC4=CC(c5ccccn5)C=CC4(C)C3CCC12C. The fraction of sp³-hybridized carbons (Fsp3) is 0.615. The van der Waals surface area contributed by atoms with E-state index in [4.69, 9.17) is 4.74 Å². The number of aromatic nitrogens is 1. The molecule has 0 spiro atoms. The van der Waals surface area contributed by atoms with Gasteiger partial charge in [0.1, 0.15) is 6.10 Å². The van der Waals surface area contributed by atoms with Crippen molar-refractivity contribution in [3.63, 3.8) is 0 Å². The molecule has 0 saturated heterocycles. The second kappa shape index (κ2) is 6.82. The fourth-order valence-corrected chi connectivity index (χ4v) is 7.44. The van der Waals surface area contributed by atoms with Crippen molar-refractivity contribution in [2.45, 2.75) is 71.3 Å². The monoisotopic (exact) mass is 391 g/mol. The molecule has 4 aliphatic carbocycles. The zero-order valence-electron chi connectivity index (χ0n) is 17.9. The Kier molecular flexibility index (Phi) is 4.49. The van der Waals surface area contributed by atoms with Gasteiger partial charge in [-0.05, 0) is 68.4 Å².